The van der Waals surface area contributed by atoms with Crippen molar-refractivity contribution in [3.63, 3.8) is 0 Å². The van der Waals surface area contributed by atoms with Crippen LogP contribution in [0.3, 0.4) is 0 Å². The quantitative estimate of drug-likeness (QED) is 0.805. The van der Waals surface area contributed by atoms with Gasteiger partial charge in [0.2, 0.25) is 5.91 Å². The minimum atomic E-state index is -0.0353. The van der Waals surface area contributed by atoms with Gasteiger partial charge in [0.05, 0.1) is 19.6 Å². The molecule has 4 rings (SSSR count). The predicted octanol–water partition coefficient (Wildman–Crippen LogP) is 3.31. The molecule has 4 heteroatoms. The van der Waals surface area contributed by atoms with Crippen molar-refractivity contribution in [1.82, 2.24) is 9.88 Å². The third-order valence-corrected chi connectivity index (χ3v) is 4.61. The highest BCUT2D eigenvalue weighted by Gasteiger charge is 2.25. The van der Waals surface area contributed by atoms with Crippen LogP contribution in [0, 0.1) is 0 Å². The Hall–Kier alpha value is -2.59. The molecule has 1 amide bonds. The smallest absolute Gasteiger partial charge is 0.227 e. The maximum atomic E-state index is 12.7. The molecule has 0 aliphatic carbocycles. The average Bonchev–Trinajstić information content (AvgIpc) is 3.06. The third-order valence-electron chi connectivity index (χ3n) is 4.61. The molecule has 122 valence electrons. The number of benzene rings is 2. The predicted molar refractivity (Wildman–Crippen MR) is 93.7 cm³/mol. The fraction of sp³-hybridized carbons (Fsp3) is 0.250. The number of hydrogen-bond acceptors (Lipinski definition) is 2. The molecule has 1 saturated heterocycles. The Morgan fingerprint density at radius 3 is 2.79 bits per heavy atom. The van der Waals surface area contributed by atoms with E-state index in [1.807, 2.05) is 47.5 Å². The number of rotatable bonds is 3. The Morgan fingerprint density at radius 2 is 1.92 bits per heavy atom. The molecule has 0 bridgehead atoms. The largest absolute Gasteiger partial charge is 0.370 e. The lowest BCUT2D eigenvalue weighted by molar-refractivity contribution is -0.138. The SMILES string of the molecule is O=C(Cc1c[nH]c2ccccc12)N1CCO[C@@H](c2ccccc2)C1. The zero-order valence-electron chi connectivity index (χ0n) is 13.4. The van der Waals surface area contributed by atoms with Crippen LogP contribution in [0.25, 0.3) is 10.9 Å². The van der Waals surface area contributed by atoms with Gasteiger partial charge in [0.15, 0.2) is 0 Å². The Morgan fingerprint density at radius 1 is 1.12 bits per heavy atom. The summed E-state index contributed by atoms with van der Waals surface area (Å²) in [5, 5.41) is 1.12. The van der Waals surface area contributed by atoms with Crippen LogP contribution >= 0.6 is 0 Å². The summed E-state index contributed by atoms with van der Waals surface area (Å²) in [4.78, 5) is 17.9. The monoisotopic (exact) mass is 320 g/mol. The van der Waals surface area contributed by atoms with Crippen LogP contribution in [0.5, 0.6) is 0 Å². The van der Waals surface area contributed by atoms with Crippen molar-refractivity contribution in [3.8, 4) is 0 Å². The van der Waals surface area contributed by atoms with Crippen molar-refractivity contribution in [2.75, 3.05) is 19.7 Å². The molecule has 3 aromatic rings. The molecular weight excluding hydrogens is 300 g/mol. The standard InChI is InChI=1S/C20H20N2O2/c23-20(12-16-13-21-18-9-5-4-8-17(16)18)22-10-11-24-19(14-22)15-6-2-1-3-7-15/h1-9,13,19,21H,10-12,14H2/t19-/m1/s1. The fourth-order valence-corrected chi connectivity index (χ4v) is 3.30. The zero-order chi connectivity index (χ0) is 16.4. The molecule has 4 nitrogen and oxygen atoms in total. The third kappa shape index (κ3) is 2.93. The fourth-order valence-electron chi connectivity index (χ4n) is 3.30. The summed E-state index contributed by atoms with van der Waals surface area (Å²) in [6.45, 7) is 1.86. The second kappa shape index (κ2) is 6.49. The van der Waals surface area contributed by atoms with E-state index in [2.05, 4.69) is 23.2 Å². The number of aromatic nitrogens is 1. The van der Waals surface area contributed by atoms with Crippen LogP contribution in [0.1, 0.15) is 17.2 Å². The summed E-state index contributed by atoms with van der Waals surface area (Å²) in [5.74, 6) is 0.156. The highest BCUT2D eigenvalue weighted by molar-refractivity contribution is 5.88. The van der Waals surface area contributed by atoms with Crippen LogP contribution in [0.4, 0.5) is 0 Å². The average molecular weight is 320 g/mol. The minimum absolute atomic E-state index is 0.0353. The van der Waals surface area contributed by atoms with Crippen LogP contribution in [-0.2, 0) is 16.0 Å². The van der Waals surface area contributed by atoms with Crippen LogP contribution in [-0.4, -0.2) is 35.5 Å². The molecule has 0 saturated carbocycles. The molecule has 0 spiro atoms. The molecule has 1 N–H and O–H groups in total. The number of nitrogens with zero attached hydrogens (tertiary/aromatic N) is 1. The van der Waals surface area contributed by atoms with Crippen LogP contribution < -0.4 is 0 Å². The maximum absolute atomic E-state index is 12.7. The van der Waals surface area contributed by atoms with E-state index in [0.29, 0.717) is 26.1 Å². The summed E-state index contributed by atoms with van der Waals surface area (Å²) in [6.07, 6.45) is 2.33. The lowest BCUT2D eigenvalue weighted by Gasteiger charge is -2.33. The molecule has 24 heavy (non-hydrogen) atoms. The van der Waals surface area contributed by atoms with Crippen molar-refractivity contribution < 1.29 is 9.53 Å². The van der Waals surface area contributed by atoms with E-state index in [0.717, 1.165) is 22.0 Å². The number of carbonyl (C=O) groups excluding carboxylic acids is 1. The van der Waals surface area contributed by atoms with E-state index in [1.54, 1.807) is 0 Å². The minimum Gasteiger partial charge on any atom is -0.370 e. The Labute approximate surface area is 141 Å². The van der Waals surface area contributed by atoms with Crippen LogP contribution in [0.2, 0.25) is 0 Å². The first kappa shape index (κ1) is 15.0. The lowest BCUT2D eigenvalue weighted by Crippen LogP contribution is -2.42. The van der Waals surface area contributed by atoms with Crippen LogP contribution in [0.15, 0.2) is 60.8 Å². The highest BCUT2D eigenvalue weighted by Crippen LogP contribution is 2.23. The summed E-state index contributed by atoms with van der Waals surface area (Å²) in [7, 11) is 0. The Bertz CT molecular complexity index is 841. The van der Waals surface area contributed by atoms with Gasteiger partial charge < -0.3 is 14.6 Å². The number of carbonyl (C=O) groups is 1. The number of aromatic amines is 1. The van der Waals surface area contributed by atoms with E-state index >= 15 is 0 Å². The van der Waals surface area contributed by atoms with Crippen molar-refractivity contribution >= 4 is 16.8 Å². The molecule has 0 unspecified atom stereocenters. The molecule has 2 heterocycles. The van der Waals surface area contributed by atoms with E-state index in [-0.39, 0.29) is 12.0 Å². The maximum Gasteiger partial charge on any atom is 0.227 e. The number of ether oxygens (including phenoxy) is 1. The van der Waals surface area contributed by atoms with E-state index in [9.17, 15) is 4.79 Å². The molecule has 1 fully saturated rings. The van der Waals surface area contributed by atoms with Gasteiger partial charge in [0, 0.05) is 23.6 Å². The van der Waals surface area contributed by atoms with Crippen molar-refractivity contribution in [2.24, 2.45) is 0 Å². The van der Waals surface area contributed by atoms with Gasteiger partial charge in [-0.2, -0.15) is 0 Å². The molecule has 1 aliphatic heterocycles. The van der Waals surface area contributed by atoms with E-state index in [4.69, 9.17) is 4.74 Å². The number of morpholine rings is 1. The lowest BCUT2D eigenvalue weighted by atomic mass is 10.1. The first-order valence-electron chi connectivity index (χ1n) is 8.30. The zero-order valence-corrected chi connectivity index (χ0v) is 13.4. The molecule has 1 aromatic heterocycles. The number of fused-ring (bicyclic) bond motifs is 1. The van der Waals surface area contributed by atoms with Crippen molar-refractivity contribution in [1.29, 1.82) is 0 Å². The first-order valence-corrected chi connectivity index (χ1v) is 8.30. The second-order valence-corrected chi connectivity index (χ2v) is 6.15. The highest BCUT2D eigenvalue weighted by atomic mass is 16.5. The topological polar surface area (TPSA) is 45.3 Å². The van der Waals surface area contributed by atoms with Gasteiger partial charge in [-0.25, -0.2) is 0 Å². The Balaban J connectivity index is 1.48. The number of para-hydroxylation sites is 1. The van der Waals surface area contributed by atoms with Gasteiger partial charge in [0.25, 0.3) is 0 Å². The molecular formula is C20H20N2O2. The number of H-pyrrole nitrogens is 1. The molecule has 1 atom stereocenters. The Kier molecular flexibility index (Phi) is 4.05. The number of nitrogens with one attached hydrogen (secondary N) is 1. The summed E-state index contributed by atoms with van der Waals surface area (Å²) in [5.41, 5.74) is 3.25. The van der Waals surface area contributed by atoms with Gasteiger partial charge in [0.1, 0.15) is 6.10 Å². The second-order valence-electron chi connectivity index (χ2n) is 6.15. The molecule has 2 aromatic carbocycles. The van der Waals surface area contributed by atoms with Gasteiger partial charge in [-0.3, -0.25) is 4.79 Å². The molecule has 1 aliphatic rings. The number of hydrogen-bond donors (Lipinski definition) is 1. The van der Waals surface area contributed by atoms with Crippen molar-refractivity contribution in [2.45, 2.75) is 12.5 Å². The van der Waals surface area contributed by atoms with Gasteiger partial charge in [-0.15, -0.1) is 0 Å². The van der Waals surface area contributed by atoms with Crippen molar-refractivity contribution in [3.05, 3.63) is 71.9 Å². The normalized spacial score (nSPS) is 18.0. The van der Waals surface area contributed by atoms with E-state index < -0.39 is 0 Å². The molecule has 0 radical (unpaired) electrons. The van der Waals surface area contributed by atoms with Gasteiger partial charge in [-0.05, 0) is 17.2 Å². The van der Waals surface area contributed by atoms with Gasteiger partial charge >= 0.3 is 0 Å². The first-order chi connectivity index (χ1) is 11.8. The summed E-state index contributed by atoms with van der Waals surface area (Å²) < 4.78 is 5.85. The van der Waals surface area contributed by atoms with E-state index in [1.165, 1.54) is 0 Å². The number of amides is 1. The summed E-state index contributed by atoms with van der Waals surface area (Å²) >= 11 is 0. The van der Waals surface area contributed by atoms with Gasteiger partial charge in [-0.1, -0.05) is 48.5 Å². The summed E-state index contributed by atoms with van der Waals surface area (Å²) in [6, 6.07) is 18.2.